The van der Waals surface area contributed by atoms with Gasteiger partial charge in [-0.15, -0.1) is 0 Å². The van der Waals surface area contributed by atoms with Crippen LogP contribution in [0.3, 0.4) is 0 Å². The van der Waals surface area contributed by atoms with Gasteiger partial charge in [0.1, 0.15) is 5.60 Å². The van der Waals surface area contributed by atoms with Gasteiger partial charge in [-0.3, -0.25) is 9.59 Å². The van der Waals surface area contributed by atoms with Gasteiger partial charge in [0, 0.05) is 13.1 Å². The van der Waals surface area contributed by atoms with E-state index in [2.05, 4.69) is 0 Å². The van der Waals surface area contributed by atoms with Crippen molar-refractivity contribution in [3.8, 4) is 0 Å². The molecular formula is C20H27NO4. The van der Waals surface area contributed by atoms with Crippen molar-refractivity contribution >= 4 is 11.9 Å². The van der Waals surface area contributed by atoms with Gasteiger partial charge in [0.05, 0.1) is 13.0 Å². The van der Waals surface area contributed by atoms with E-state index in [0.29, 0.717) is 25.9 Å². The number of hydrogen-bond donors (Lipinski definition) is 1. The lowest BCUT2D eigenvalue weighted by Gasteiger charge is -2.37. The van der Waals surface area contributed by atoms with Crippen LogP contribution in [0.2, 0.25) is 0 Å². The lowest BCUT2D eigenvalue weighted by atomic mass is 9.88. The number of aliphatic hydroxyl groups is 1. The molecule has 0 radical (unpaired) electrons. The molecule has 0 bridgehead atoms. The van der Waals surface area contributed by atoms with E-state index in [1.807, 2.05) is 30.3 Å². The molecule has 2 atom stereocenters. The van der Waals surface area contributed by atoms with Crippen LogP contribution < -0.4 is 0 Å². The van der Waals surface area contributed by atoms with E-state index < -0.39 is 5.60 Å². The molecule has 5 heteroatoms. The Labute approximate surface area is 149 Å². The third kappa shape index (κ3) is 3.71. The van der Waals surface area contributed by atoms with Gasteiger partial charge in [0.2, 0.25) is 0 Å². The number of rotatable bonds is 5. The average Bonchev–Trinajstić information content (AvgIpc) is 3.33. The zero-order valence-electron chi connectivity index (χ0n) is 15.0. The summed E-state index contributed by atoms with van der Waals surface area (Å²) in [6.07, 6.45) is 3.57. The molecule has 1 aromatic carbocycles. The van der Waals surface area contributed by atoms with E-state index in [4.69, 9.17) is 4.74 Å². The smallest absolute Gasteiger partial charge is 0.309 e. The normalized spacial score (nSPS) is 23.8. The van der Waals surface area contributed by atoms with Gasteiger partial charge in [0.25, 0.3) is 5.91 Å². The van der Waals surface area contributed by atoms with Crippen molar-refractivity contribution in [2.75, 3.05) is 20.2 Å². The standard InChI is InChI=1S/C20H27NO4/c1-19(24,9-8-15-6-4-3-5-7-15)18(23)21-12-10-20(11-13-21)14-16(20)17(22)25-2/h3-7,16,24H,8-14H2,1-2H3/t16-,19-/m0/s1. The number of carbonyl (C=O) groups is 2. The number of nitrogens with zero attached hydrogens (tertiary/aromatic N) is 1. The van der Waals surface area contributed by atoms with Crippen molar-refractivity contribution in [3.05, 3.63) is 35.9 Å². The monoisotopic (exact) mass is 345 g/mol. The zero-order valence-corrected chi connectivity index (χ0v) is 15.0. The van der Waals surface area contributed by atoms with Crippen LogP contribution in [0.4, 0.5) is 0 Å². The van der Waals surface area contributed by atoms with Crippen molar-refractivity contribution in [3.63, 3.8) is 0 Å². The van der Waals surface area contributed by atoms with E-state index in [9.17, 15) is 14.7 Å². The number of esters is 1. The molecule has 136 valence electrons. The molecule has 25 heavy (non-hydrogen) atoms. The Morgan fingerprint density at radius 3 is 2.52 bits per heavy atom. The van der Waals surface area contributed by atoms with Gasteiger partial charge < -0.3 is 14.7 Å². The van der Waals surface area contributed by atoms with Crippen molar-refractivity contribution in [1.82, 2.24) is 4.90 Å². The number of benzene rings is 1. The molecule has 1 saturated carbocycles. The van der Waals surface area contributed by atoms with Gasteiger partial charge in [0.15, 0.2) is 0 Å². The highest BCUT2D eigenvalue weighted by Gasteiger charge is 2.59. The minimum Gasteiger partial charge on any atom is -0.469 e. The summed E-state index contributed by atoms with van der Waals surface area (Å²) in [6, 6.07) is 9.89. The molecule has 2 aliphatic rings. The Morgan fingerprint density at radius 1 is 1.28 bits per heavy atom. The summed E-state index contributed by atoms with van der Waals surface area (Å²) < 4.78 is 4.84. The Kier molecular flexibility index (Phi) is 4.87. The van der Waals surface area contributed by atoms with Crippen LogP contribution in [0, 0.1) is 11.3 Å². The van der Waals surface area contributed by atoms with E-state index in [0.717, 1.165) is 24.8 Å². The molecule has 1 N–H and O–H groups in total. The van der Waals surface area contributed by atoms with Crippen LogP contribution in [0.25, 0.3) is 0 Å². The first-order valence-electron chi connectivity index (χ1n) is 9.01. The Hall–Kier alpha value is -1.88. The maximum atomic E-state index is 12.7. The lowest BCUT2D eigenvalue weighted by Crippen LogP contribution is -2.50. The van der Waals surface area contributed by atoms with Gasteiger partial charge in [-0.25, -0.2) is 0 Å². The first-order valence-corrected chi connectivity index (χ1v) is 9.01. The summed E-state index contributed by atoms with van der Waals surface area (Å²) in [7, 11) is 1.43. The Bertz CT molecular complexity index is 632. The number of hydrogen-bond acceptors (Lipinski definition) is 4. The van der Waals surface area contributed by atoms with Gasteiger partial charge in [-0.05, 0) is 50.0 Å². The summed E-state index contributed by atoms with van der Waals surface area (Å²) in [5.74, 6) is -0.337. The van der Waals surface area contributed by atoms with Crippen LogP contribution in [0.15, 0.2) is 30.3 Å². The minimum atomic E-state index is -1.36. The number of methoxy groups -OCH3 is 1. The first-order chi connectivity index (χ1) is 11.9. The predicted molar refractivity (Wildman–Crippen MR) is 93.8 cm³/mol. The number of aryl methyl sites for hydroxylation is 1. The van der Waals surface area contributed by atoms with Crippen LogP contribution >= 0.6 is 0 Å². The fourth-order valence-electron chi connectivity index (χ4n) is 4.01. The molecule has 1 aliphatic heterocycles. The lowest BCUT2D eigenvalue weighted by molar-refractivity contribution is -0.152. The fraction of sp³-hybridized carbons (Fsp3) is 0.600. The molecule has 1 saturated heterocycles. The summed E-state index contributed by atoms with van der Waals surface area (Å²) in [5, 5.41) is 10.7. The number of ether oxygens (including phenoxy) is 1. The van der Waals surface area contributed by atoms with Crippen molar-refractivity contribution in [2.45, 2.75) is 44.6 Å². The molecular weight excluding hydrogens is 318 g/mol. The second kappa shape index (κ2) is 6.79. The highest BCUT2D eigenvalue weighted by atomic mass is 16.5. The van der Waals surface area contributed by atoms with Gasteiger partial charge >= 0.3 is 5.97 Å². The number of carbonyl (C=O) groups excluding carboxylic acids is 2. The molecule has 0 unspecified atom stereocenters. The first kappa shape index (κ1) is 17.9. The molecule has 1 aliphatic carbocycles. The van der Waals surface area contributed by atoms with Crippen LogP contribution in [-0.4, -0.2) is 47.7 Å². The van der Waals surface area contributed by atoms with Crippen molar-refractivity contribution < 1.29 is 19.4 Å². The SMILES string of the molecule is COC(=O)[C@@H]1CC12CCN(C(=O)[C@@](C)(O)CCc1ccccc1)CC2. The molecule has 1 spiro atoms. The third-order valence-corrected chi connectivity index (χ3v) is 5.93. The number of amides is 1. The molecule has 3 rings (SSSR count). The maximum absolute atomic E-state index is 12.7. The second-order valence-corrected chi connectivity index (χ2v) is 7.69. The average molecular weight is 345 g/mol. The fourth-order valence-corrected chi connectivity index (χ4v) is 4.01. The third-order valence-electron chi connectivity index (χ3n) is 5.93. The highest BCUT2D eigenvalue weighted by molar-refractivity contribution is 5.85. The van der Waals surface area contributed by atoms with Gasteiger partial charge in [-0.2, -0.15) is 0 Å². The van der Waals surface area contributed by atoms with Crippen LogP contribution in [0.1, 0.15) is 38.2 Å². The zero-order chi connectivity index (χ0) is 18.1. The van der Waals surface area contributed by atoms with Crippen molar-refractivity contribution in [2.24, 2.45) is 11.3 Å². The summed E-state index contributed by atoms with van der Waals surface area (Å²) >= 11 is 0. The van der Waals surface area contributed by atoms with E-state index >= 15 is 0 Å². The molecule has 2 fully saturated rings. The summed E-state index contributed by atoms with van der Waals surface area (Å²) in [6.45, 7) is 2.82. The summed E-state index contributed by atoms with van der Waals surface area (Å²) in [5.41, 5.74) is -0.210. The topological polar surface area (TPSA) is 66.8 Å². The summed E-state index contributed by atoms with van der Waals surface area (Å²) in [4.78, 5) is 26.2. The minimum absolute atomic E-state index is 0.00616. The van der Waals surface area contributed by atoms with E-state index in [1.165, 1.54) is 7.11 Å². The predicted octanol–water partition coefficient (Wildman–Crippen LogP) is 2.17. The number of likely N-dealkylation sites (tertiary alicyclic amines) is 1. The highest BCUT2D eigenvalue weighted by Crippen LogP contribution is 2.59. The molecule has 5 nitrogen and oxygen atoms in total. The van der Waals surface area contributed by atoms with Crippen LogP contribution in [0.5, 0.6) is 0 Å². The van der Waals surface area contributed by atoms with Crippen molar-refractivity contribution in [1.29, 1.82) is 0 Å². The second-order valence-electron chi connectivity index (χ2n) is 7.69. The quantitative estimate of drug-likeness (QED) is 0.831. The molecule has 0 aromatic heterocycles. The molecule has 1 amide bonds. The largest absolute Gasteiger partial charge is 0.469 e. The van der Waals surface area contributed by atoms with Crippen LogP contribution in [-0.2, 0) is 20.7 Å². The maximum Gasteiger partial charge on any atom is 0.309 e. The van der Waals surface area contributed by atoms with E-state index in [-0.39, 0.29) is 23.2 Å². The molecule has 1 heterocycles. The number of piperidine rings is 1. The molecule has 1 aromatic rings. The Balaban J connectivity index is 1.52. The van der Waals surface area contributed by atoms with E-state index in [1.54, 1.807) is 11.8 Å². The Morgan fingerprint density at radius 2 is 1.92 bits per heavy atom. The van der Waals surface area contributed by atoms with Gasteiger partial charge in [-0.1, -0.05) is 30.3 Å².